The van der Waals surface area contributed by atoms with E-state index in [1.54, 1.807) is 29.3 Å². The Hall–Kier alpha value is -2.02. The van der Waals surface area contributed by atoms with E-state index in [4.69, 9.17) is 4.74 Å². The molecule has 0 bridgehead atoms. The molecule has 0 unspecified atom stereocenters. The molecule has 0 spiro atoms. The molecule has 142 valence electrons. The SMILES string of the molecule is COCCN[C@@H]1CCc2c(sc3ncn(Cc4ccc(C)cc4)c(=O)c23)C1. The summed E-state index contributed by atoms with van der Waals surface area (Å²) in [6, 6.07) is 8.76. The highest BCUT2D eigenvalue weighted by Gasteiger charge is 2.24. The maximum atomic E-state index is 13.1. The van der Waals surface area contributed by atoms with E-state index in [9.17, 15) is 4.79 Å². The summed E-state index contributed by atoms with van der Waals surface area (Å²) in [6.45, 7) is 4.22. The summed E-state index contributed by atoms with van der Waals surface area (Å²) in [7, 11) is 1.72. The summed E-state index contributed by atoms with van der Waals surface area (Å²) in [5.74, 6) is 0. The van der Waals surface area contributed by atoms with Gasteiger partial charge in [0.2, 0.25) is 0 Å². The van der Waals surface area contributed by atoms with Gasteiger partial charge in [-0.3, -0.25) is 9.36 Å². The van der Waals surface area contributed by atoms with Gasteiger partial charge in [0.25, 0.3) is 5.56 Å². The average molecular weight is 384 g/mol. The van der Waals surface area contributed by atoms with Crippen molar-refractivity contribution in [1.29, 1.82) is 0 Å². The summed E-state index contributed by atoms with van der Waals surface area (Å²) >= 11 is 1.68. The molecule has 1 atom stereocenters. The molecule has 2 aromatic heterocycles. The number of methoxy groups -OCH3 is 1. The third-order valence-electron chi connectivity index (χ3n) is 5.25. The first kappa shape index (κ1) is 18.3. The van der Waals surface area contributed by atoms with Gasteiger partial charge in [-0.2, -0.15) is 0 Å². The Morgan fingerprint density at radius 3 is 2.93 bits per heavy atom. The molecule has 1 aliphatic rings. The quantitative estimate of drug-likeness (QED) is 0.665. The number of hydrogen-bond acceptors (Lipinski definition) is 5. The van der Waals surface area contributed by atoms with E-state index in [0.717, 1.165) is 48.2 Å². The molecule has 27 heavy (non-hydrogen) atoms. The van der Waals surface area contributed by atoms with E-state index in [2.05, 4.69) is 41.5 Å². The molecule has 0 amide bonds. The first-order valence-electron chi connectivity index (χ1n) is 9.43. The zero-order valence-electron chi connectivity index (χ0n) is 15.8. The molecule has 0 fully saturated rings. The fourth-order valence-electron chi connectivity index (χ4n) is 3.74. The highest BCUT2D eigenvalue weighted by Crippen LogP contribution is 2.33. The first-order chi connectivity index (χ1) is 13.2. The molecule has 5 nitrogen and oxygen atoms in total. The minimum atomic E-state index is 0.0869. The minimum Gasteiger partial charge on any atom is -0.383 e. The van der Waals surface area contributed by atoms with Crippen LogP contribution in [0.3, 0.4) is 0 Å². The average Bonchev–Trinajstić information content (AvgIpc) is 3.04. The summed E-state index contributed by atoms with van der Waals surface area (Å²) in [6.07, 6.45) is 4.65. The standard InChI is InChI=1S/C21H25N3O2S/c1-14-3-5-15(6-4-14)12-24-13-23-20-19(21(24)25)17-8-7-16(11-18(17)27-20)22-9-10-26-2/h3-6,13,16,22H,7-12H2,1-2H3/t16-/m1/s1. The van der Waals surface area contributed by atoms with Crippen molar-refractivity contribution in [2.45, 2.75) is 38.8 Å². The van der Waals surface area contributed by atoms with Gasteiger partial charge in [-0.1, -0.05) is 29.8 Å². The van der Waals surface area contributed by atoms with Crippen LogP contribution in [0.15, 0.2) is 35.4 Å². The number of aromatic nitrogens is 2. The predicted molar refractivity (Wildman–Crippen MR) is 110 cm³/mol. The Bertz CT molecular complexity index is 991. The van der Waals surface area contributed by atoms with E-state index < -0.39 is 0 Å². The number of hydrogen-bond donors (Lipinski definition) is 1. The smallest absolute Gasteiger partial charge is 0.262 e. The van der Waals surface area contributed by atoms with Crippen LogP contribution in [-0.2, 0) is 24.1 Å². The van der Waals surface area contributed by atoms with Gasteiger partial charge in [-0.25, -0.2) is 4.98 Å². The fraction of sp³-hybridized carbons (Fsp3) is 0.429. The number of rotatable bonds is 6. The summed E-state index contributed by atoms with van der Waals surface area (Å²) in [5.41, 5.74) is 3.65. The van der Waals surface area contributed by atoms with Gasteiger partial charge in [-0.15, -0.1) is 11.3 Å². The van der Waals surface area contributed by atoms with Crippen LogP contribution in [0, 0.1) is 6.92 Å². The maximum absolute atomic E-state index is 13.1. The number of aryl methyl sites for hydroxylation is 2. The topological polar surface area (TPSA) is 56.1 Å². The van der Waals surface area contributed by atoms with Crippen molar-refractivity contribution in [3.63, 3.8) is 0 Å². The lowest BCUT2D eigenvalue weighted by molar-refractivity contribution is 0.194. The van der Waals surface area contributed by atoms with Gasteiger partial charge in [0.15, 0.2) is 0 Å². The lowest BCUT2D eigenvalue weighted by Gasteiger charge is -2.23. The Labute approximate surface area is 163 Å². The second-order valence-electron chi connectivity index (χ2n) is 7.23. The van der Waals surface area contributed by atoms with Gasteiger partial charge in [0, 0.05) is 24.6 Å². The van der Waals surface area contributed by atoms with Crippen molar-refractivity contribution >= 4 is 21.6 Å². The second-order valence-corrected chi connectivity index (χ2v) is 8.32. The minimum absolute atomic E-state index is 0.0869. The van der Waals surface area contributed by atoms with Crippen LogP contribution in [0.4, 0.5) is 0 Å². The number of fused-ring (bicyclic) bond motifs is 3. The maximum Gasteiger partial charge on any atom is 0.262 e. The Kier molecular flexibility index (Phi) is 5.38. The summed E-state index contributed by atoms with van der Waals surface area (Å²) in [4.78, 5) is 19.9. The monoisotopic (exact) mass is 383 g/mol. The molecule has 0 saturated carbocycles. The number of ether oxygens (including phenoxy) is 1. The summed E-state index contributed by atoms with van der Waals surface area (Å²) in [5, 5.41) is 4.38. The lowest BCUT2D eigenvalue weighted by Crippen LogP contribution is -2.36. The van der Waals surface area contributed by atoms with Gasteiger partial charge in [-0.05, 0) is 37.3 Å². The van der Waals surface area contributed by atoms with E-state index in [0.29, 0.717) is 12.6 Å². The van der Waals surface area contributed by atoms with Crippen LogP contribution in [-0.4, -0.2) is 35.9 Å². The molecule has 6 heteroatoms. The largest absolute Gasteiger partial charge is 0.383 e. The zero-order valence-corrected chi connectivity index (χ0v) is 16.6. The molecule has 0 aliphatic heterocycles. The van der Waals surface area contributed by atoms with E-state index in [1.165, 1.54) is 16.0 Å². The second kappa shape index (κ2) is 7.92. The molecule has 1 N–H and O–H groups in total. The normalized spacial score (nSPS) is 16.6. The van der Waals surface area contributed by atoms with Crippen LogP contribution in [0.5, 0.6) is 0 Å². The van der Waals surface area contributed by atoms with Gasteiger partial charge < -0.3 is 10.1 Å². The lowest BCUT2D eigenvalue weighted by atomic mass is 9.93. The third kappa shape index (κ3) is 3.83. The Morgan fingerprint density at radius 1 is 1.33 bits per heavy atom. The number of thiophene rings is 1. The van der Waals surface area contributed by atoms with Crippen molar-refractivity contribution in [3.8, 4) is 0 Å². The molecule has 3 aromatic rings. The first-order valence-corrected chi connectivity index (χ1v) is 10.2. The fourth-order valence-corrected chi connectivity index (χ4v) is 5.00. The molecular weight excluding hydrogens is 358 g/mol. The zero-order chi connectivity index (χ0) is 18.8. The molecule has 2 heterocycles. The van der Waals surface area contributed by atoms with Crippen molar-refractivity contribution in [3.05, 3.63) is 62.5 Å². The molecule has 1 aromatic carbocycles. The number of nitrogens with one attached hydrogen (secondary N) is 1. The third-order valence-corrected chi connectivity index (χ3v) is 6.41. The Morgan fingerprint density at radius 2 is 2.15 bits per heavy atom. The van der Waals surface area contributed by atoms with Crippen LogP contribution in [0.1, 0.15) is 28.0 Å². The number of benzene rings is 1. The van der Waals surface area contributed by atoms with E-state index >= 15 is 0 Å². The van der Waals surface area contributed by atoms with Gasteiger partial charge in [0.05, 0.1) is 24.9 Å². The molecule has 4 rings (SSSR count). The van der Waals surface area contributed by atoms with Gasteiger partial charge in [0.1, 0.15) is 4.83 Å². The van der Waals surface area contributed by atoms with Crippen molar-refractivity contribution in [2.75, 3.05) is 20.3 Å². The van der Waals surface area contributed by atoms with Crippen LogP contribution in [0.2, 0.25) is 0 Å². The van der Waals surface area contributed by atoms with Crippen LogP contribution >= 0.6 is 11.3 Å². The molecular formula is C21H25N3O2S. The predicted octanol–water partition coefficient (Wildman–Crippen LogP) is 2.91. The molecule has 1 aliphatic carbocycles. The van der Waals surface area contributed by atoms with E-state index in [-0.39, 0.29) is 5.56 Å². The number of nitrogens with zero attached hydrogens (tertiary/aromatic N) is 2. The van der Waals surface area contributed by atoms with E-state index in [1.807, 2.05) is 0 Å². The van der Waals surface area contributed by atoms with Gasteiger partial charge >= 0.3 is 0 Å². The van der Waals surface area contributed by atoms with Crippen molar-refractivity contribution in [2.24, 2.45) is 0 Å². The molecule has 0 radical (unpaired) electrons. The van der Waals surface area contributed by atoms with Crippen molar-refractivity contribution < 1.29 is 4.74 Å². The summed E-state index contributed by atoms with van der Waals surface area (Å²) < 4.78 is 6.86. The molecule has 0 saturated heterocycles. The highest BCUT2D eigenvalue weighted by molar-refractivity contribution is 7.18. The highest BCUT2D eigenvalue weighted by atomic mass is 32.1. The van der Waals surface area contributed by atoms with Crippen LogP contribution < -0.4 is 10.9 Å². The van der Waals surface area contributed by atoms with Crippen LogP contribution in [0.25, 0.3) is 10.2 Å². The van der Waals surface area contributed by atoms with Crippen molar-refractivity contribution in [1.82, 2.24) is 14.9 Å². The Balaban J connectivity index is 1.60.